The van der Waals surface area contributed by atoms with E-state index in [1.165, 1.54) is 6.20 Å². The lowest BCUT2D eigenvalue weighted by atomic mass is 9.66. The topological polar surface area (TPSA) is 71.4 Å². The number of pyridine rings is 1. The molecule has 1 amide bonds. The lowest BCUT2D eigenvalue weighted by Crippen LogP contribution is -2.26. The molecule has 1 N–H and O–H groups in total. The summed E-state index contributed by atoms with van der Waals surface area (Å²) >= 11 is 6.22. The molecule has 2 aromatic rings. The van der Waals surface area contributed by atoms with E-state index in [2.05, 4.69) is 15.5 Å². The maximum Gasteiger partial charge on any atom is 0.318 e. The lowest BCUT2D eigenvalue weighted by molar-refractivity contribution is 0.0998. The fourth-order valence-corrected chi connectivity index (χ4v) is 4.37. The van der Waals surface area contributed by atoms with Crippen LogP contribution in [0.4, 0.5) is 11.5 Å². The molecule has 0 aliphatic heterocycles. The summed E-state index contributed by atoms with van der Waals surface area (Å²) in [5, 5.41) is 6.66. The van der Waals surface area contributed by atoms with E-state index in [-0.39, 0.29) is 0 Å². The Labute approximate surface area is 150 Å². The van der Waals surface area contributed by atoms with Gasteiger partial charge in [0.05, 0.1) is 5.56 Å². The summed E-state index contributed by atoms with van der Waals surface area (Å²) in [6.07, 6.45) is 5.78. The zero-order valence-corrected chi connectivity index (χ0v) is 14.6. The van der Waals surface area contributed by atoms with E-state index in [0.29, 0.717) is 22.4 Å². The Balaban J connectivity index is 1.81. The number of carbonyl (C=O) groups is 1. The summed E-state index contributed by atoms with van der Waals surface area (Å²) < 4.78 is 0. The van der Waals surface area contributed by atoms with E-state index >= 15 is 0 Å². The van der Waals surface area contributed by atoms with Crippen LogP contribution in [-0.2, 0) is 0 Å². The largest absolute Gasteiger partial charge is 0.340 e. The zero-order valence-electron chi connectivity index (χ0n) is 13.9. The molecule has 5 nitrogen and oxygen atoms in total. The standard InChI is InChI=1S/C19H18ClN3O2/c1-10-2-7-13(8-15(10)20)22-18-17-12-5-3-11(4-6-12)16(17)14(9-21-18)19(24)23-25/h2,7-9,11-12H,3-6H2,1H3,(H,21,22). The van der Waals surface area contributed by atoms with Gasteiger partial charge in [-0.2, -0.15) is 0 Å². The Kier molecular flexibility index (Phi) is 4.04. The van der Waals surface area contributed by atoms with Crippen molar-refractivity contribution >= 4 is 29.0 Å². The second kappa shape index (κ2) is 6.23. The number of aromatic nitrogens is 1. The molecule has 0 atom stereocenters. The van der Waals surface area contributed by atoms with Crippen molar-refractivity contribution < 1.29 is 4.79 Å². The average molecular weight is 356 g/mol. The normalized spacial score (nSPS) is 20.9. The minimum Gasteiger partial charge on any atom is -0.340 e. The Morgan fingerprint density at radius 1 is 1.20 bits per heavy atom. The maximum atomic E-state index is 12.0. The van der Waals surface area contributed by atoms with Gasteiger partial charge in [-0.3, -0.25) is 4.79 Å². The highest BCUT2D eigenvalue weighted by molar-refractivity contribution is 6.31. The number of hydrogen-bond donors (Lipinski definition) is 1. The number of amides is 1. The van der Waals surface area contributed by atoms with Gasteiger partial charge in [0.2, 0.25) is 0 Å². The van der Waals surface area contributed by atoms with Gasteiger partial charge in [0.1, 0.15) is 5.82 Å². The molecular weight excluding hydrogens is 338 g/mol. The predicted octanol–water partition coefficient (Wildman–Crippen LogP) is 5.45. The smallest absolute Gasteiger partial charge is 0.318 e. The fourth-order valence-electron chi connectivity index (χ4n) is 4.19. The third kappa shape index (κ3) is 2.72. The van der Waals surface area contributed by atoms with Crippen molar-refractivity contribution in [2.75, 3.05) is 5.32 Å². The third-order valence-electron chi connectivity index (χ3n) is 5.45. The van der Waals surface area contributed by atoms with Crippen LogP contribution in [0.15, 0.2) is 29.6 Å². The number of benzene rings is 1. The van der Waals surface area contributed by atoms with Crippen LogP contribution in [0.1, 0.15) is 64.6 Å². The molecule has 6 heteroatoms. The van der Waals surface area contributed by atoms with E-state index in [1.807, 2.05) is 25.1 Å². The lowest BCUT2D eigenvalue weighted by Gasteiger charge is -2.39. The number of fused-ring (bicyclic) bond motifs is 2. The molecule has 25 heavy (non-hydrogen) atoms. The molecule has 3 aliphatic carbocycles. The second-order valence-electron chi connectivity index (χ2n) is 6.88. The number of nitroso groups, excluding NO2 is 1. The summed E-state index contributed by atoms with van der Waals surface area (Å²) in [7, 11) is 0. The van der Waals surface area contributed by atoms with E-state index in [4.69, 9.17) is 11.6 Å². The van der Waals surface area contributed by atoms with Gasteiger partial charge in [-0.25, -0.2) is 4.98 Å². The summed E-state index contributed by atoms with van der Waals surface area (Å²) in [6.45, 7) is 1.96. The summed E-state index contributed by atoms with van der Waals surface area (Å²) in [6, 6.07) is 5.79. The molecule has 0 saturated heterocycles. The number of carbonyl (C=O) groups excluding carboxylic acids is 1. The highest BCUT2D eigenvalue weighted by Gasteiger charge is 2.38. The first kappa shape index (κ1) is 16.2. The molecule has 1 aromatic heterocycles. The van der Waals surface area contributed by atoms with Crippen molar-refractivity contribution in [1.82, 2.24) is 4.98 Å². The molecule has 0 radical (unpaired) electrons. The average Bonchev–Trinajstić information content (AvgIpc) is 2.65. The predicted molar refractivity (Wildman–Crippen MR) is 97.8 cm³/mol. The van der Waals surface area contributed by atoms with Crippen LogP contribution in [0.5, 0.6) is 0 Å². The SMILES string of the molecule is Cc1ccc(Nc2ncc(C(=O)N=O)c3c2C2CCC3CC2)cc1Cl. The third-order valence-corrected chi connectivity index (χ3v) is 5.86. The van der Waals surface area contributed by atoms with Crippen LogP contribution >= 0.6 is 11.6 Å². The summed E-state index contributed by atoms with van der Waals surface area (Å²) in [4.78, 5) is 27.2. The maximum absolute atomic E-state index is 12.0. The van der Waals surface area contributed by atoms with Crippen molar-refractivity contribution in [3.8, 4) is 0 Å². The number of nitrogens with zero attached hydrogens (tertiary/aromatic N) is 2. The number of aryl methyl sites for hydroxylation is 1. The number of anilines is 2. The minimum atomic E-state index is -0.721. The number of hydrogen-bond acceptors (Lipinski definition) is 4. The molecule has 5 rings (SSSR count). The molecule has 2 bridgehead atoms. The Bertz CT molecular complexity index is 873. The van der Waals surface area contributed by atoms with Crippen LogP contribution in [0.2, 0.25) is 5.02 Å². The molecule has 1 fully saturated rings. The quantitative estimate of drug-likeness (QED) is 0.743. The molecular formula is C19H18ClN3O2. The number of halogens is 1. The number of rotatable bonds is 3. The van der Waals surface area contributed by atoms with Gasteiger partial charge in [0, 0.05) is 27.6 Å². The fraction of sp³-hybridized carbons (Fsp3) is 0.368. The van der Waals surface area contributed by atoms with Gasteiger partial charge in [-0.15, -0.1) is 4.91 Å². The summed E-state index contributed by atoms with van der Waals surface area (Å²) in [5.74, 6) is 0.717. The minimum absolute atomic E-state index is 0.311. The van der Waals surface area contributed by atoms with Gasteiger partial charge < -0.3 is 5.32 Å². The zero-order chi connectivity index (χ0) is 17.6. The van der Waals surface area contributed by atoms with Crippen molar-refractivity contribution in [2.45, 2.75) is 44.4 Å². The van der Waals surface area contributed by atoms with Gasteiger partial charge in [0.15, 0.2) is 0 Å². The molecule has 128 valence electrons. The number of nitrogens with one attached hydrogen (secondary N) is 1. The van der Waals surface area contributed by atoms with E-state index in [0.717, 1.165) is 53.9 Å². The molecule has 0 spiro atoms. The summed E-state index contributed by atoms with van der Waals surface area (Å²) in [5.41, 5.74) is 4.29. The van der Waals surface area contributed by atoms with E-state index < -0.39 is 5.91 Å². The monoisotopic (exact) mass is 355 g/mol. The molecule has 0 unspecified atom stereocenters. The second-order valence-corrected chi connectivity index (χ2v) is 7.29. The molecule has 1 saturated carbocycles. The highest BCUT2D eigenvalue weighted by atomic mass is 35.5. The Morgan fingerprint density at radius 3 is 2.52 bits per heavy atom. The Hall–Kier alpha value is -2.27. The van der Waals surface area contributed by atoms with Gasteiger partial charge in [0.25, 0.3) is 0 Å². The van der Waals surface area contributed by atoms with Crippen LogP contribution < -0.4 is 5.32 Å². The Morgan fingerprint density at radius 2 is 1.88 bits per heavy atom. The van der Waals surface area contributed by atoms with Gasteiger partial charge in [-0.05, 0) is 67.7 Å². The van der Waals surface area contributed by atoms with E-state index in [1.54, 1.807) is 0 Å². The van der Waals surface area contributed by atoms with Crippen molar-refractivity contribution in [3.63, 3.8) is 0 Å². The first-order valence-electron chi connectivity index (χ1n) is 8.52. The molecule has 1 aromatic carbocycles. The van der Waals surface area contributed by atoms with Crippen molar-refractivity contribution in [2.24, 2.45) is 5.18 Å². The van der Waals surface area contributed by atoms with Crippen molar-refractivity contribution in [1.29, 1.82) is 0 Å². The first-order valence-corrected chi connectivity index (χ1v) is 8.90. The van der Waals surface area contributed by atoms with Crippen LogP contribution in [-0.4, -0.2) is 10.9 Å². The first-order chi connectivity index (χ1) is 12.1. The van der Waals surface area contributed by atoms with Gasteiger partial charge >= 0.3 is 5.91 Å². The van der Waals surface area contributed by atoms with Crippen LogP contribution in [0.25, 0.3) is 0 Å². The van der Waals surface area contributed by atoms with Crippen LogP contribution in [0, 0.1) is 11.8 Å². The molecule has 1 heterocycles. The highest BCUT2D eigenvalue weighted by Crippen LogP contribution is 2.52. The van der Waals surface area contributed by atoms with Crippen LogP contribution in [0.3, 0.4) is 0 Å². The van der Waals surface area contributed by atoms with E-state index in [9.17, 15) is 9.70 Å². The van der Waals surface area contributed by atoms with Crippen molar-refractivity contribution in [3.05, 3.63) is 56.6 Å². The van der Waals surface area contributed by atoms with Gasteiger partial charge in [-0.1, -0.05) is 17.7 Å². The molecule has 3 aliphatic rings.